The Bertz CT molecular complexity index is 401. The molecule has 0 heterocycles. The van der Waals surface area contributed by atoms with Crippen molar-refractivity contribution in [2.75, 3.05) is 7.11 Å². The summed E-state index contributed by atoms with van der Waals surface area (Å²) < 4.78 is 5.80. The smallest absolute Gasteiger partial charge is 0.138 e. The number of allylic oxidation sites excluding steroid dienone is 1. The molecule has 0 aliphatic heterocycles. The Balaban J connectivity index is 2.67. The Labute approximate surface area is 113 Å². The van der Waals surface area contributed by atoms with Crippen LogP contribution in [0.2, 0.25) is 0 Å². The fourth-order valence-electron chi connectivity index (χ4n) is 1.04. The van der Waals surface area contributed by atoms with Crippen LogP contribution in [0.1, 0.15) is 5.56 Å². The maximum Gasteiger partial charge on any atom is 0.138 e. The Morgan fingerprint density at radius 3 is 2.62 bits per heavy atom. The van der Waals surface area contributed by atoms with E-state index in [9.17, 15) is 0 Å². The zero-order chi connectivity index (χ0) is 12.0. The lowest BCUT2D eigenvalue weighted by molar-refractivity contribution is 0.414. The van der Waals surface area contributed by atoms with Gasteiger partial charge in [-0.2, -0.15) is 0 Å². The molecule has 1 rings (SSSR count). The SMILES string of the molecule is COc1ccc(CN=C(Cl)C(I)=CN)cc1. The third-order valence-electron chi connectivity index (χ3n) is 1.90. The molecule has 3 nitrogen and oxygen atoms in total. The summed E-state index contributed by atoms with van der Waals surface area (Å²) >= 11 is 7.95. The summed E-state index contributed by atoms with van der Waals surface area (Å²) in [4.78, 5) is 4.21. The van der Waals surface area contributed by atoms with Crippen LogP contribution in [0.4, 0.5) is 0 Å². The van der Waals surface area contributed by atoms with Gasteiger partial charge in [-0.1, -0.05) is 23.7 Å². The largest absolute Gasteiger partial charge is 0.497 e. The highest BCUT2D eigenvalue weighted by Gasteiger charge is 1.98. The summed E-state index contributed by atoms with van der Waals surface area (Å²) in [6.07, 6.45) is 1.43. The highest BCUT2D eigenvalue weighted by molar-refractivity contribution is 14.1. The maximum absolute atomic E-state index is 5.91. The Morgan fingerprint density at radius 1 is 1.50 bits per heavy atom. The van der Waals surface area contributed by atoms with Crippen LogP contribution in [0.5, 0.6) is 5.75 Å². The lowest BCUT2D eigenvalue weighted by Gasteiger charge is -2.01. The monoisotopic (exact) mass is 350 g/mol. The fraction of sp³-hybridized carbons (Fsp3) is 0.182. The van der Waals surface area contributed by atoms with Crippen molar-refractivity contribution in [3.05, 3.63) is 39.6 Å². The molecule has 0 atom stereocenters. The molecule has 0 aromatic heterocycles. The number of methoxy groups -OCH3 is 1. The van der Waals surface area contributed by atoms with Gasteiger partial charge in [0.1, 0.15) is 10.9 Å². The van der Waals surface area contributed by atoms with Gasteiger partial charge in [-0.25, -0.2) is 0 Å². The van der Waals surface area contributed by atoms with Crippen LogP contribution < -0.4 is 10.5 Å². The second-order valence-corrected chi connectivity index (χ2v) is 4.49. The van der Waals surface area contributed by atoms with E-state index >= 15 is 0 Å². The second kappa shape index (κ2) is 6.75. The number of hydrogen-bond acceptors (Lipinski definition) is 3. The standard InChI is InChI=1S/C11H12ClIN2O/c1-16-9-4-2-8(3-5-9)7-15-11(12)10(13)6-14/h2-6H,7,14H2,1H3. The highest BCUT2D eigenvalue weighted by atomic mass is 127. The summed E-state index contributed by atoms with van der Waals surface area (Å²) in [7, 11) is 1.64. The molecule has 1 aromatic rings. The average Bonchev–Trinajstić information content (AvgIpc) is 2.35. The third kappa shape index (κ3) is 4.02. The van der Waals surface area contributed by atoms with E-state index in [0.717, 1.165) is 14.9 Å². The van der Waals surface area contributed by atoms with E-state index in [-0.39, 0.29) is 0 Å². The van der Waals surface area contributed by atoms with Crippen LogP contribution in [0.3, 0.4) is 0 Å². The van der Waals surface area contributed by atoms with Crippen molar-refractivity contribution in [2.45, 2.75) is 6.54 Å². The molecule has 86 valence electrons. The highest BCUT2D eigenvalue weighted by Crippen LogP contribution is 2.14. The molecular formula is C11H12ClIN2O. The Kier molecular flexibility index (Phi) is 5.62. The summed E-state index contributed by atoms with van der Waals surface area (Å²) in [6.45, 7) is 0.531. The first-order valence-corrected chi connectivity index (χ1v) is 6.03. The number of nitrogens with zero attached hydrogens (tertiary/aromatic N) is 1. The topological polar surface area (TPSA) is 47.6 Å². The lowest BCUT2D eigenvalue weighted by Crippen LogP contribution is -1.93. The zero-order valence-electron chi connectivity index (χ0n) is 8.78. The molecule has 16 heavy (non-hydrogen) atoms. The van der Waals surface area contributed by atoms with E-state index in [2.05, 4.69) is 4.99 Å². The fourth-order valence-corrected chi connectivity index (χ4v) is 1.33. The number of halogens is 2. The van der Waals surface area contributed by atoms with E-state index in [0.29, 0.717) is 11.7 Å². The molecule has 0 aliphatic carbocycles. The molecule has 0 fully saturated rings. The molecule has 0 saturated heterocycles. The minimum atomic E-state index is 0.430. The van der Waals surface area contributed by atoms with Crippen molar-refractivity contribution in [3.8, 4) is 5.75 Å². The Hall–Kier alpha value is -0.750. The maximum atomic E-state index is 5.91. The molecule has 0 unspecified atom stereocenters. The van der Waals surface area contributed by atoms with E-state index in [1.54, 1.807) is 7.11 Å². The molecule has 0 amide bonds. The van der Waals surface area contributed by atoms with E-state index in [1.807, 2.05) is 46.9 Å². The van der Waals surface area contributed by atoms with E-state index in [4.69, 9.17) is 22.1 Å². The molecule has 0 bridgehead atoms. The number of aliphatic imine (C=N–C) groups is 1. The predicted molar refractivity (Wildman–Crippen MR) is 76.3 cm³/mol. The van der Waals surface area contributed by atoms with Crippen molar-refractivity contribution < 1.29 is 4.74 Å². The van der Waals surface area contributed by atoms with Crippen LogP contribution in [-0.2, 0) is 6.54 Å². The van der Waals surface area contributed by atoms with Gasteiger partial charge in [-0.15, -0.1) is 0 Å². The molecule has 0 aliphatic rings. The molecular weight excluding hydrogens is 338 g/mol. The van der Waals surface area contributed by atoms with Gasteiger partial charge in [0.05, 0.1) is 17.2 Å². The molecule has 1 aromatic carbocycles. The van der Waals surface area contributed by atoms with Gasteiger partial charge in [0.15, 0.2) is 0 Å². The first-order valence-electron chi connectivity index (χ1n) is 4.58. The zero-order valence-corrected chi connectivity index (χ0v) is 11.7. The molecule has 5 heteroatoms. The number of benzene rings is 1. The van der Waals surface area contributed by atoms with Gasteiger partial charge in [-0.3, -0.25) is 4.99 Å². The van der Waals surface area contributed by atoms with Crippen LogP contribution in [0.15, 0.2) is 39.0 Å². The summed E-state index contributed by atoms with van der Waals surface area (Å²) in [5, 5.41) is 0.430. The van der Waals surface area contributed by atoms with Crippen molar-refractivity contribution in [1.29, 1.82) is 0 Å². The molecule has 0 spiro atoms. The van der Waals surface area contributed by atoms with Crippen LogP contribution in [0, 0.1) is 0 Å². The summed E-state index contributed by atoms with van der Waals surface area (Å²) in [5.74, 6) is 0.829. The molecule has 2 N–H and O–H groups in total. The number of nitrogens with two attached hydrogens (primary N) is 1. The van der Waals surface area contributed by atoms with Gasteiger partial charge in [0.25, 0.3) is 0 Å². The van der Waals surface area contributed by atoms with Gasteiger partial charge in [-0.05, 0) is 40.3 Å². The minimum absolute atomic E-state index is 0.430. The summed E-state index contributed by atoms with van der Waals surface area (Å²) in [5.41, 5.74) is 6.40. The van der Waals surface area contributed by atoms with Gasteiger partial charge < -0.3 is 10.5 Å². The van der Waals surface area contributed by atoms with Crippen molar-refractivity contribution >= 4 is 39.4 Å². The van der Waals surface area contributed by atoms with Gasteiger partial charge in [0.2, 0.25) is 0 Å². The minimum Gasteiger partial charge on any atom is -0.497 e. The van der Waals surface area contributed by atoms with Crippen LogP contribution in [0.25, 0.3) is 0 Å². The van der Waals surface area contributed by atoms with Crippen molar-refractivity contribution in [2.24, 2.45) is 10.7 Å². The lowest BCUT2D eigenvalue weighted by atomic mass is 10.2. The number of hydrogen-bond donors (Lipinski definition) is 1. The van der Waals surface area contributed by atoms with Crippen LogP contribution >= 0.6 is 34.2 Å². The van der Waals surface area contributed by atoms with E-state index in [1.165, 1.54) is 6.20 Å². The second-order valence-electron chi connectivity index (χ2n) is 2.97. The first kappa shape index (κ1) is 13.3. The predicted octanol–water partition coefficient (Wildman–Crippen LogP) is 3.07. The average molecular weight is 351 g/mol. The number of ether oxygens (including phenoxy) is 1. The normalized spacial score (nSPS) is 12.7. The van der Waals surface area contributed by atoms with Crippen molar-refractivity contribution in [3.63, 3.8) is 0 Å². The molecule has 0 radical (unpaired) electrons. The quantitative estimate of drug-likeness (QED) is 0.670. The number of rotatable bonds is 4. The van der Waals surface area contributed by atoms with Crippen LogP contribution in [-0.4, -0.2) is 12.3 Å². The molecule has 0 saturated carbocycles. The van der Waals surface area contributed by atoms with E-state index < -0.39 is 0 Å². The third-order valence-corrected chi connectivity index (χ3v) is 3.42. The first-order chi connectivity index (χ1) is 7.67. The van der Waals surface area contributed by atoms with Gasteiger partial charge in [0, 0.05) is 6.20 Å². The van der Waals surface area contributed by atoms with Crippen molar-refractivity contribution in [1.82, 2.24) is 0 Å². The van der Waals surface area contributed by atoms with Gasteiger partial charge >= 0.3 is 0 Å². The summed E-state index contributed by atoms with van der Waals surface area (Å²) in [6, 6.07) is 7.68. The Morgan fingerprint density at radius 2 is 2.12 bits per heavy atom.